The summed E-state index contributed by atoms with van der Waals surface area (Å²) in [5.41, 5.74) is 0. The fraction of sp³-hybridized carbons (Fsp3) is 0.556. The van der Waals surface area contributed by atoms with Crippen molar-refractivity contribution < 1.29 is 48.3 Å². The molecule has 0 rings (SSSR count). The Balaban J connectivity index is -0.000000451. The predicted molar refractivity (Wildman–Crippen MR) is 98.2 cm³/mol. The van der Waals surface area contributed by atoms with Crippen molar-refractivity contribution in [2.45, 2.75) is 26.7 Å². The number of carbonyl (C=O) groups excluding carboxylic acids is 4. The summed E-state index contributed by atoms with van der Waals surface area (Å²) in [5, 5.41) is 19.8. The first-order chi connectivity index (χ1) is 13.3. The van der Waals surface area contributed by atoms with Crippen LogP contribution in [0, 0.1) is 0 Å². The van der Waals surface area contributed by atoms with Gasteiger partial charge < -0.3 is 38.7 Å². The van der Waals surface area contributed by atoms with E-state index in [2.05, 4.69) is 9.47 Å². The maximum atomic E-state index is 10.7. The molecule has 0 aromatic rings. The molecule has 0 heterocycles. The van der Waals surface area contributed by atoms with E-state index in [0.717, 1.165) is 25.0 Å². The number of hydrogen-bond donors (Lipinski definition) is 0. The minimum Gasteiger partial charge on any atom is -0.545 e. The summed E-state index contributed by atoms with van der Waals surface area (Å²) in [6.45, 7) is 6.05. The third-order valence-electron chi connectivity index (χ3n) is 2.35. The number of esters is 2. The zero-order chi connectivity index (χ0) is 21.6. The quantitative estimate of drug-likeness (QED) is 0.130. The van der Waals surface area contributed by atoms with E-state index in [1.54, 1.807) is 0 Å². The number of rotatable bonds is 14. The fourth-order valence-corrected chi connectivity index (χ4v) is 1.26. The molecule has 0 radical (unpaired) electrons. The van der Waals surface area contributed by atoms with Crippen LogP contribution in [0.4, 0.5) is 0 Å². The van der Waals surface area contributed by atoms with E-state index < -0.39 is 23.9 Å². The molecule has 0 aromatic heterocycles. The summed E-state index contributed by atoms with van der Waals surface area (Å²) in [4.78, 5) is 41.2. The van der Waals surface area contributed by atoms with E-state index >= 15 is 0 Å². The van der Waals surface area contributed by atoms with Gasteiger partial charge in [-0.3, -0.25) is 0 Å². The fourth-order valence-electron chi connectivity index (χ4n) is 1.26. The first kappa shape index (κ1) is 32.2. The second-order valence-electron chi connectivity index (χ2n) is 4.86. The van der Waals surface area contributed by atoms with E-state index in [9.17, 15) is 29.4 Å². The first-order valence-electron chi connectivity index (χ1n) is 8.60. The number of aliphatic carboxylic acids is 2. The SMILES string of the molecule is CCCOCCOC(=O)/C=C\C(=O)[O-].CCCOCCOC(=O)/C=C\C(=O)[O-].[Ca+2]. The van der Waals surface area contributed by atoms with Gasteiger partial charge in [-0.1, -0.05) is 13.8 Å². The van der Waals surface area contributed by atoms with Crippen molar-refractivity contribution >= 4 is 61.6 Å². The zero-order valence-corrected chi connectivity index (χ0v) is 19.0. The third-order valence-corrected chi connectivity index (χ3v) is 2.35. The van der Waals surface area contributed by atoms with Crippen LogP contribution in [0.3, 0.4) is 0 Å². The van der Waals surface area contributed by atoms with Gasteiger partial charge in [0.25, 0.3) is 0 Å². The maximum Gasteiger partial charge on any atom is 2.00 e. The molecule has 0 aromatic carbocycles. The molecular weight excluding hydrogens is 416 g/mol. The van der Waals surface area contributed by atoms with Crippen LogP contribution in [-0.4, -0.2) is 101 Å². The first-order valence-corrected chi connectivity index (χ1v) is 8.60. The Kier molecular flexibility index (Phi) is 27.3. The van der Waals surface area contributed by atoms with Gasteiger partial charge in [0.1, 0.15) is 13.2 Å². The molecule has 0 atom stereocenters. The molecule has 0 aliphatic heterocycles. The molecule has 0 aliphatic rings. The molecule has 0 N–H and O–H groups in total. The summed E-state index contributed by atoms with van der Waals surface area (Å²) in [7, 11) is 0. The zero-order valence-electron chi connectivity index (χ0n) is 16.8. The molecule has 0 amide bonds. The second kappa shape index (κ2) is 24.6. The molecule has 0 fully saturated rings. The van der Waals surface area contributed by atoms with Crippen LogP contribution < -0.4 is 10.2 Å². The summed E-state index contributed by atoms with van der Waals surface area (Å²) < 4.78 is 19.3. The molecule has 0 bridgehead atoms. The molecular formula is C18H26CaO10. The molecule has 0 saturated heterocycles. The molecule has 0 saturated carbocycles. The van der Waals surface area contributed by atoms with Crippen LogP contribution in [0.1, 0.15) is 26.7 Å². The van der Waals surface area contributed by atoms with Crippen molar-refractivity contribution in [3.63, 3.8) is 0 Å². The van der Waals surface area contributed by atoms with Crippen molar-refractivity contribution in [1.82, 2.24) is 0 Å². The van der Waals surface area contributed by atoms with Crippen LogP contribution in [0.15, 0.2) is 24.3 Å². The molecule has 10 nitrogen and oxygen atoms in total. The van der Waals surface area contributed by atoms with Gasteiger partial charge in [0.15, 0.2) is 0 Å². The van der Waals surface area contributed by atoms with Crippen LogP contribution in [0.5, 0.6) is 0 Å². The van der Waals surface area contributed by atoms with Gasteiger partial charge in [-0.05, 0) is 25.0 Å². The van der Waals surface area contributed by atoms with E-state index in [0.29, 0.717) is 38.6 Å². The molecule has 0 spiro atoms. The predicted octanol–water partition coefficient (Wildman–Crippen LogP) is -1.86. The van der Waals surface area contributed by atoms with Gasteiger partial charge in [0, 0.05) is 25.4 Å². The van der Waals surface area contributed by atoms with Crippen LogP contribution in [-0.2, 0) is 38.1 Å². The van der Waals surface area contributed by atoms with Crippen LogP contribution in [0.25, 0.3) is 0 Å². The van der Waals surface area contributed by atoms with Gasteiger partial charge in [0.2, 0.25) is 0 Å². The Morgan fingerprint density at radius 1 is 0.621 bits per heavy atom. The average molecular weight is 442 g/mol. The van der Waals surface area contributed by atoms with Crippen molar-refractivity contribution in [1.29, 1.82) is 0 Å². The standard InChI is InChI=1S/2C9H14O5.Ca/c2*1-2-5-13-6-7-14-9(12)4-3-8(10)11;/h2*3-4H,2,5-7H2,1H3,(H,10,11);/q;;+2/p-2/b2*4-3-;. The summed E-state index contributed by atoms with van der Waals surface area (Å²) >= 11 is 0. The number of ether oxygens (including phenoxy) is 4. The van der Waals surface area contributed by atoms with E-state index in [4.69, 9.17) is 9.47 Å². The topological polar surface area (TPSA) is 151 Å². The Morgan fingerprint density at radius 2 is 0.966 bits per heavy atom. The summed E-state index contributed by atoms with van der Waals surface area (Å²) in [6, 6.07) is 0. The Morgan fingerprint density at radius 3 is 1.24 bits per heavy atom. The van der Waals surface area contributed by atoms with Gasteiger partial charge >= 0.3 is 49.7 Å². The molecule has 0 unspecified atom stereocenters. The average Bonchev–Trinajstić information content (AvgIpc) is 2.65. The summed E-state index contributed by atoms with van der Waals surface area (Å²) in [5.74, 6) is -4.28. The third kappa shape index (κ3) is 31.5. The molecule has 0 aliphatic carbocycles. The number of carboxylic acids is 2. The van der Waals surface area contributed by atoms with Gasteiger partial charge in [-0.25, -0.2) is 9.59 Å². The second-order valence-corrected chi connectivity index (χ2v) is 4.86. The van der Waals surface area contributed by atoms with Crippen LogP contribution >= 0.6 is 0 Å². The smallest absolute Gasteiger partial charge is 0.545 e. The maximum absolute atomic E-state index is 10.7. The monoisotopic (exact) mass is 442 g/mol. The van der Waals surface area contributed by atoms with Gasteiger partial charge in [-0.15, -0.1) is 0 Å². The molecule has 160 valence electrons. The number of carboxylic acid groups (broad SMARTS) is 2. The van der Waals surface area contributed by atoms with E-state index in [-0.39, 0.29) is 51.0 Å². The Bertz CT molecular complexity index is 471. The Hall–Kier alpha value is -1.46. The van der Waals surface area contributed by atoms with Gasteiger partial charge in [0.05, 0.1) is 25.2 Å². The Labute approximate surface area is 199 Å². The molecule has 11 heteroatoms. The van der Waals surface area contributed by atoms with E-state index in [1.807, 2.05) is 13.8 Å². The summed E-state index contributed by atoms with van der Waals surface area (Å²) in [6.07, 6.45) is 4.64. The van der Waals surface area contributed by atoms with E-state index in [1.165, 1.54) is 0 Å². The number of hydrogen-bond acceptors (Lipinski definition) is 10. The number of carbonyl (C=O) groups is 4. The van der Waals surface area contributed by atoms with Crippen molar-refractivity contribution in [3.8, 4) is 0 Å². The minimum atomic E-state index is -1.43. The molecule has 29 heavy (non-hydrogen) atoms. The van der Waals surface area contributed by atoms with Crippen molar-refractivity contribution in [3.05, 3.63) is 24.3 Å². The van der Waals surface area contributed by atoms with Crippen LogP contribution in [0.2, 0.25) is 0 Å². The van der Waals surface area contributed by atoms with Crippen molar-refractivity contribution in [2.24, 2.45) is 0 Å². The largest absolute Gasteiger partial charge is 2.00 e. The van der Waals surface area contributed by atoms with Crippen molar-refractivity contribution in [2.75, 3.05) is 39.6 Å². The normalized spacial score (nSPS) is 10.0. The minimum absolute atomic E-state index is 0. The van der Waals surface area contributed by atoms with Gasteiger partial charge in [-0.2, -0.15) is 0 Å².